The van der Waals surface area contributed by atoms with Gasteiger partial charge in [-0.2, -0.15) is 0 Å². The predicted molar refractivity (Wildman–Crippen MR) is 95.5 cm³/mol. The molecule has 4 nitrogen and oxygen atoms in total. The minimum absolute atomic E-state index is 0.262. The van der Waals surface area contributed by atoms with E-state index in [0.717, 1.165) is 6.07 Å². The van der Waals surface area contributed by atoms with E-state index in [9.17, 15) is 13.6 Å². The summed E-state index contributed by atoms with van der Waals surface area (Å²) in [5.41, 5.74) is -0.846. The van der Waals surface area contributed by atoms with Gasteiger partial charge in [0.2, 0.25) is 0 Å². The van der Waals surface area contributed by atoms with Crippen LogP contribution in [0.25, 0.3) is 0 Å². The largest absolute Gasteiger partial charge is 0.444 e. The van der Waals surface area contributed by atoms with Gasteiger partial charge in [-0.1, -0.05) is 26.0 Å². The Morgan fingerprint density at radius 1 is 1.20 bits per heavy atom. The highest BCUT2D eigenvalue weighted by molar-refractivity contribution is 5.68. The maximum atomic E-state index is 13.9. The Bertz CT molecular complexity index is 581. The minimum Gasteiger partial charge on any atom is -0.444 e. The van der Waals surface area contributed by atoms with Crippen molar-refractivity contribution >= 4 is 6.09 Å². The van der Waals surface area contributed by atoms with Crippen LogP contribution in [0, 0.1) is 11.6 Å². The molecule has 1 aromatic carbocycles. The average Bonchev–Trinajstić information content (AvgIpc) is 2.52. The van der Waals surface area contributed by atoms with Gasteiger partial charge in [-0.05, 0) is 46.6 Å². The molecule has 1 unspecified atom stereocenters. The Labute approximate surface area is 149 Å². The van der Waals surface area contributed by atoms with Gasteiger partial charge in [0, 0.05) is 18.2 Å². The van der Waals surface area contributed by atoms with Crippen molar-refractivity contribution in [1.82, 2.24) is 10.6 Å². The third-order valence-electron chi connectivity index (χ3n) is 4.31. The highest BCUT2D eigenvalue weighted by Gasteiger charge is 2.31. The zero-order valence-electron chi connectivity index (χ0n) is 16.0. The quantitative estimate of drug-likeness (QED) is 0.744. The Hall–Kier alpha value is -1.69. The van der Waals surface area contributed by atoms with Crippen molar-refractivity contribution in [1.29, 1.82) is 0 Å². The predicted octanol–water partition coefficient (Wildman–Crippen LogP) is 4.70. The summed E-state index contributed by atoms with van der Waals surface area (Å²) in [7, 11) is 0. The number of alkyl carbamates (subject to hydrolysis) is 1. The Balaban J connectivity index is 2.80. The zero-order chi connectivity index (χ0) is 19.3. The number of carbonyl (C=O) groups excluding carboxylic acids is 1. The van der Waals surface area contributed by atoms with E-state index in [4.69, 9.17) is 4.74 Å². The lowest BCUT2D eigenvalue weighted by atomic mass is 9.92. The van der Waals surface area contributed by atoms with E-state index in [1.165, 1.54) is 6.07 Å². The number of hydrogen-bond acceptors (Lipinski definition) is 3. The highest BCUT2D eigenvalue weighted by Crippen LogP contribution is 2.21. The SMILES string of the molecule is CCC(CC)(CNC(C)c1cccc(F)c1F)NC(=O)OC(C)(C)C. The zero-order valence-corrected chi connectivity index (χ0v) is 16.0. The number of benzene rings is 1. The van der Waals surface area contributed by atoms with Gasteiger partial charge in [0.1, 0.15) is 5.60 Å². The van der Waals surface area contributed by atoms with E-state index in [0.29, 0.717) is 19.4 Å². The van der Waals surface area contributed by atoms with E-state index >= 15 is 0 Å². The van der Waals surface area contributed by atoms with E-state index in [2.05, 4.69) is 10.6 Å². The fourth-order valence-corrected chi connectivity index (χ4v) is 2.55. The van der Waals surface area contributed by atoms with Crippen LogP contribution in [0.4, 0.5) is 13.6 Å². The molecule has 142 valence electrons. The van der Waals surface area contributed by atoms with Crippen molar-refractivity contribution in [2.75, 3.05) is 6.54 Å². The molecular weight excluding hydrogens is 326 g/mol. The summed E-state index contributed by atoms with van der Waals surface area (Å²) in [6, 6.07) is 3.74. The van der Waals surface area contributed by atoms with Crippen molar-refractivity contribution in [2.45, 2.75) is 71.6 Å². The van der Waals surface area contributed by atoms with Gasteiger partial charge < -0.3 is 15.4 Å². The second-order valence-electron chi connectivity index (χ2n) is 7.36. The van der Waals surface area contributed by atoms with Crippen LogP contribution in [0.2, 0.25) is 0 Å². The van der Waals surface area contributed by atoms with Gasteiger partial charge in [-0.3, -0.25) is 0 Å². The lowest BCUT2D eigenvalue weighted by Gasteiger charge is -2.35. The molecule has 1 aromatic rings. The van der Waals surface area contributed by atoms with Gasteiger partial charge in [-0.25, -0.2) is 13.6 Å². The molecule has 2 N–H and O–H groups in total. The summed E-state index contributed by atoms with van der Waals surface area (Å²) in [5.74, 6) is -1.71. The molecule has 6 heteroatoms. The maximum absolute atomic E-state index is 13.9. The van der Waals surface area contributed by atoms with Gasteiger partial charge in [0.05, 0.1) is 5.54 Å². The topological polar surface area (TPSA) is 50.4 Å². The highest BCUT2D eigenvalue weighted by atomic mass is 19.2. The van der Waals surface area contributed by atoms with E-state index in [-0.39, 0.29) is 5.56 Å². The molecule has 0 aliphatic heterocycles. The first-order chi connectivity index (χ1) is 11.5. The molecule has 0 bridgehead atoms. The Kier molecular flexibility index (Phi) is 7.35. The van der Waals surface area contributed by atoms with Crippen LogP contribution in [0.3, 0.4) is 0 Å². The van der Waals surface area contributed by atoms with Crippen LogP contribution < -0.4 is 10.6 Å². The number of rotatable bonds is 7. The van der Waals surface area contributed by atoms with Crippen molar-refractivity contribution in [3.8, 4) is 0 Å². The molecule has 1 rings (SSSR count). The number of hydrogen-bond donors (Lipinski definition) is 2. The molecule has 0 radical (unpaired) electrons. The molecule has 0 aromatic heterocycles. The van der Waals surface area contributed by atoms with Crippen LogP contribution in [0.15, 0.2) is 18.2 Å². The minimum atomic E-state index is -0.865. The Morgan fingerprint density at radius 2 is 1.80 bits per heavy atom. The van der Waals surface area contributed by atoms with Crippen molar-refractivity contribution < 1.29 is 18.3 Å². The Morgan fingerprint density at radius 3 is 2.32 bits per heavy atom. The molecule has 0 spiro atoms. The molecule has 0 heterocycles. The van der Waals surface area contributed by atoms with Gasteiger partial charge in [0.15, 0.2) is 11.6 Å². The van der Waals surface area contributed by atoms with Crippen molar-refractivity contribution in [2.24, 2.45) is 0 Å². The second kappa shape index (κ2) is 8.61. The third kappa shape index (κ3) is 6.27. The van der Waals surface area contributed by atoms with E-state index in [1.54, 1.807) is 33.8 Å². The number of carbonyl (C=O) groups is 1. The smallest absolute Gasteiger partial charge is 0.408 e. The van der Waals surface area contributed by atoms with E-state index in [1.807, 2.05) is 13.8 Å². The second-order valence-corrected chi connectivity index (χ2v) is 7.36. The fourth-order valence-electron chi connectivity index (χ4n) is 2.55. The van der Waals surface area contributed by atoms with Crippen LogP contribution in [-0.4, -0.2) is 23.8 Å². The molecule has 0 aliphatic rings. The first kappa shape index (κ1) is 21.4. The van der Waals surface area contributed by atoms with Crippen LogP contribution in [0.5, 0.6) is 0 Å². The molecule has 0 saturated carbocycles. The van der Waals surface area contributed by atoms with Crippen LogP contribution >= 0.6 is 0 Å². The fraction of sp³-hybridized carbons (Fsp3) is 0.632. The maximum Gasteiger partial charge on any atom is 0.408 e. The van der Waals surface area contributed by atoms with Crippen molar-refractivity contribution in [3.63, 3.8) is 0 Å². The number of amides is 1. The van der Waals surface area contributed by atoms with Gasteiger partial charge in [0.25, 0.3) is 0 Å². The summed E-state index contributed by atoms with van der Waals surface area (Å²) in [5, 5.41) is 6.13. The first-order valence-electron chi connectivity index (χ1n) is 8.72. The molecule has 1 atom stereocenters. The average molecular weight is 356 g/mol. The first-order valence-corrected chi connectivity index (χ1v) is 8.72. The van der Waals surface area contributed by atoms with Crippen LogP contribution in [0.1, 0.15) is 66.0 Å². The number of ether oxygens (including phenoxy) is 1. The lowest BCUT2D eigenvalue weighted by Crippen LogP contribution is -2.55. The van der Waals surface area contributed by atoms with Gasteiger partial charge >= 0.3 is 6.09 Å². The van der Waals surface area contributed by atoms with Gasteiger partial charge in [-0.15, -0.1) is 0 Å². The monoisotopic (exact) mass is 356 g/mol. The molecular formula is C19H30F2N2O2. The molecule has 25 heavy (non-hydrogen) atoms. The number of halogens is 2. The molecule has 0 aliphatic carbocycles. The number of nitrogens with one attached hydrogen (secondary N) is 2. The summed E-state index contributed by atoms with van der Waals surface area (Å²) in [4.78, 5) is 12.1. The summed E-state index contributed by atoms with van der Waals surface area (Å²) in [6.07, 6.45) is 0.866. The summed E-state index contributed by atoms with van der Waals surface area (Å²) in [6.45, 7) is 11.5. The van der Waals surface area contributed by atoms with Crippen molar-refractivity contribution in [3.05, 3.63) is 35.4 Å². The van der Waals surface area contributed by atoms with Crippen LogP contribution in [-0.2, 0) is 4.74 Å². The third-order valence-corrected chi connectivity index (χ3v) is 4.31. The molecule has 0 saturated heterocycles. The molecule has 1 amide bonds. The normalized spacial score (nSPS) is 13.4. The standard InChI is InChI=1S/C19H30F2N2O2/c1-7-19(8-2,23-17(24)25-18(4,5)6)12-22-13(3)14-10-9-11-15(20)16(14)21/h9-11,13,22H,7-8,12H2,1-6H3,(H,23,24). The molecule has 0 fully saturated rings. The summed E-state index contributed by atoms with van der Waals surface area (Å²) < 4.78 is 32.7. The summed E-state index contributed by atoms with van der Waals surface area (Å²) >= 11 is 0. The van der Waals surface area contributed by atoms with E-state index < -0.39 is 34.9 Å². The lowest BCUT2D eigenvalue weighted by molar-refractivity contribution is 0.0444.